The second kappa shape index (κ2) is 4.58. The van der Waals surface area contributed by atoms with Gasteiger partial charge in [-0.15, -0.1) is 0 Å². The minimum atomic E-state index is 0.263. The third-order valence-electron chi connectivity index (χ3n) is 1.26. The molecule has 2 N–H and O–H groups in total. The molecule has 1 rings (SSSR count). The van der Waals surface area contributed by atoms with Crippen molar-refractivity contribution in [3.8, 4) is 17.7 Å². The van der Waals surface area contributed by atoms with Crippen molar-refractivity contribution in [2.75, 3.05) is 18.6 Å². The lowest BCUT2D eigenvalue weighted by molar-refractivity contribution is 0.398. The van der Waals surface area contributed by atoms with E-state index in [0.717, 1.165) is 0 Å². The topological polar surface area (TPSA) is 61.0 Å². The van der Waals surface area contributed by atoms with Crippen LogP contribution in [-0.2, 0) is 0 Å². The van der Waals surface area contributed by atoms with Gasteiger partial charge in [-0.05, 0) is 5.92 Å². The highest BCUT2D eigenvalue weighted by Crippen LogP contribution is 2.13. The van der Waals surface area contributed by atoms with Crippen LogP contribution in [0.5, 0.6) is 5.88 Å². The normalized spacial score (nSPS) is 8.77. The van der Waals surface area contributed by atoms with E-state index >= 15 is 0 Å². The van der Waals surface area contributed by atoms with Crippen LogP contribution in [0.2, 0.25) is 0 Å². The third-order valence-corrected chi connectivity index (χ3v) is 1.41. The number of anilines is 1. The fourth-order valence-electron chi connectivity index (χ4n) is 0.722. The first-order valence-electron chi connectivity index (χ1n) is 3.54. The predicted molar refractivity (Wildman–Crippen MR) is 53.7 cm³/mol. The molecule has 1 aromatic heterocycles. The quantitative estimate of drug-likeness (QED) is 0.501. The molecule has 13 heavy (non-hydrogen) atoms. The molecular formula is C8H9N3OS. The summed E-state index contributed by atoms with van der Waals surface area (Å²) in [4.78, 5) is 7.88. The molecule has 1 aromatic rings. The van der Waals surface area contributed by atoms with Crippen molar-refractivity contribution in [2.45, 2.75) is 0 Å². The first-order valence-corrected chi connectivity index (χ1v) is 4.17. The minimum absolute atomic E-state index is 0.263. The van der Waals surface area contributed by atoms with E-state index in [1.807, 2.05) is 0 Å². The monoisotopic (exact) mass is 195 g/mol. The Balaban J connectivity index is 2.99. The smallest absolute Gasteiger partial charge is 0.258 e. The number of methoxy groups -OCH3 is 1. The van der Waals surface area contributed by atoms with Gasteiger partial charge in [0.25, 0.3) is 5.88 Å². The van der Waals surface area contributed by atoms with Crippen molar-refractivity contribution in [2.24, 2.45) is 0 Å². The number of hydrogen-bond donors (Lipinski definition) is 2. The summed E-state index contributed by atoms with van der Waals surface area (Å²) >= 11 is 3.94. The van der Waals surface area contributed by atoms with E-state index in [4.69, 9.17) is 10.5 Å². The van der Waals surface area contributed by atoms with Crippen molar-refractivity contribution in [3.63, 3.8) is 0 Å². The standard InChI is InChI=1S/C8H9N3OS/c1-12-8-7(9)10-5-6(11-8)3-2-4-13/h5,13H,4H2,1H3,(H2,9,10). The number of aromatic nitrogens is 2. The second-order valence-corrected chi connectivity index (χ2v) is 2.43. The van der Waals surface area contributed by atoms with Gasteiger partial charge in [0.05, 0.1) is 19.1 Å². The summed E-state index contributed by atoms with van der Waals surface area (Å²) in [6.07, 6.45) is 1.49. The first-order chi connectivity index (χ1) is 6.27. The average molecular weight is 195 g/mol. The first kappa shape index (κ1) is 9.68. The van der Waals surface area contributed by atoms with Gasteiger partial charge in [-0.1, -0.05) is 5.92 Å². The number of nitrogens with zero attached hydrogens (tertiary/aromatic N) is 2. The van der Waals surface area contributed by atoms with Crippen molar-refractivity contribution >= 4 is 18.4 Å². The maximum Gasteiger partial charge on any atom is 0.258 e. The van der Waals surface area contributed by atoms with Crippen molar-refractivity contribution in [1.29, 1.82) is 0 Å². The molecule has 4 nitrogen and oxygen atoms in total. The van der Waals surface area contributed by atoms with Crippen molar-refractivity contribution in [1.82, 2.24) is 9.97 Å². The Kier molecular flexibility index (Phi) is 3.41. The lowest BCUT2D eigenvalue weighted by atomic mass is 10.4. The maximum absolute atomic E-state index is 5.47. The van der Waals surface area contributed by atoms with Crippen LogP contribution in [0.1, 0.15) is 5.69 Å². The molecule has 1 heterocycles. The lowest BCUT2D eigenvalue weighted by Crippen LogP contribution is -1.99. The summed E-state index contributed by atoms with van der Waals surface area (Å²) < 4.78 is 4.88. The molecule has 5 heteroatoms. The van der Waals surface area contributed by atoms with E-state index in [1.54, 1.807) is 0 Å². The predicted octanol–water partition coefficient (Wildman–Crippen LogP) is 0.349. The number of ether oxygens (including phenoxy) is 1. The van der Waals surface area contributed by atoms with E-state index < -0.39 is 0 Å². The summed E-state index contributed by atoms with van der Waals surface area (Å²) in [5.74, 6) is 6.55. The van der Waals surface area contributed by atoms with Gasteiger partial charge < -0.3 is 10.5 Å². The molecule has 0 spiro atoms. The van der Waals surface area contributed by atoms with Crippen LogP contribution in [0.3, 0.4) is 0 Å². The van der Waals surface area contributed by atoms with Gasteiger partial charge in [0.2, 0.25) is 0 Å². The minimum Gasteiger partial charge on any atom is -0.478 e. The number of thiol groups is 1. The largest absolute Gasteiger partial charge is 0.478 e. The van der Waals surface area contributed by atoms with Crippen molar-refractivity contribution < 1.29 is 4.74 Å². The Hall–Kier alpha value is -1.41. The number of nitrogen functional groups attached to an aromatic ring is 1. The molecule has 0 unspecified atom stereocenters. The van der Waals surface area contributed by atoms with Crippen molar-refractivity contribution in [3.05, 3.63) is 11.9 Å². The third kappa shape index (κ3) is 2.53. The van der Waals surface area contributed by atoms with Crippen LogP contribution in [0.15, 0.2) is 6.20 Å². The fraction of sp³-hybridized carbons (Fsp3) is 0.250. The molecular weight excluding hydrogens is 186 g/mol. The van der Waals surface area contributed by atoms with Gasteiger partial charge in [0, 0.05) is 0 Å². The summed E-state index contributed by atoms with van der Waals surface area (Å²) in [7, 11) is 1.48. The summed E-state index contributed by atoms with van der Waals surface area (Å²) in [5, 5.41) is 0. The van der Waals surface area contributed by atoms with E-state index in [2.05, 4.69) is 34.4 Å². The Labute approximate surface area is 81.9 Å². The van der Waals surface area contributed by atoms with E-state index in [1.165, 1.54) is 13.3 Å². The Morgan fingerprint density at radius 1 is 1.69 bits per heavy atom. The highest BCUT2D eigenvalue weighted by Gasteiger charge is 2.01. The van der Waals surface area contributed by atoms with Crippen LogP contribution < -0.4 is 10.5 Å². The molecule has 0 aromatic carbocycles. The number of nitrogens with two attached hydrogens (primary N) is 1. The zero-order valence-corrected chi connectivity index (χ0v) is 8.01. The highest BCUT2D eigenvalue weighted by atomic mass is 32.1. The van der Waals surface area contributed by atoms with Gasteiger partial charge in [0.1, 0.15) is 5.69 Å². The van der Waals surface area contributed by atoms with Crippen LogP contribution in [0.4, 0.5) is 5.82 Å². The molecule has 0 amide bonds. The van der Waals surface area contributed by atoms with Gasteiger partial charge in [0.15, 0.2) is 5.82 Å². The molecule has 0 radical (unpaired) electrons. The van der Waals surface area contributed by atoms with Gasteiger partial charge >= 0.3 is 0 Å². The van der Waals surface area contributed by atoms with Gasteiger partial charge in [-0.25, -0.2) is 4.98 Å². The maximum atomic E-state index is 5.47. The molecule has 0 saturated heterocycles. The molecule has 0 bridgehead atoms. The van der Waals surface area contributed by atoms with E-state index in [0.29, 0.717) is 17.3 Å². The van der Waals surface area contributed by atoms with Gasteiger partial charge in [-0.3, -0.25) is 0 Å². The summed E-state index contributed by atoms with van der Waals surface area (Å²) in [6.45, 7) is 0. The van der Waals surface area contributed by atoms with Gasteiger partial charge in [-0.2, -0.15) is 17.6 Å². The zero-order chi connectivity index (χ0) is 9.68. The molecule has 0 aliphatic carbocycles. The molecule has 0 fully saturated rings. The van der Waals surface area contributed by atoms with E-state index in [-0.39, 0.29) is 5.82 Å². The second-order valence-electron chi connectivity index (χ2n) is 2.11. The summed E-state index contributed by atoms with van der Waals surface area (Å²) in [6, 6.07) is 0. The fourth-order valence-corrected chi connectivity index (χ4v) is 0.801. The van der Waals surface area contributed by atoms with Crippen LogP contribution in [0.25, 0.3) is 0 Å². The lowest BCUT2D eigenvalue weighted by Gasteiger charge is -2.00. The summed E-state index contributed by atoms with van der Waals surface area (Å²) in [5.41, 5.74) is 5.99. The highest BCUT2D eigenvalue weighted by molar-refractivity contribution is 7.80. The van der Waals surface area contributed by atoms with E-state index in [9.17, 15) is 0 Å². The Morgan fingerprint density at radius 2 is 2.46 bits per heavy atom. The average Bonchev–Trinajstić information content (AvgIpc) is 2.16. The Bertz CT molecular complexity index is 356. The van der Waals surface area contributed by atoms with Crippen LogP contribution in [0, 0.1) is 11.8 Å². The number of hydrogen-bond acceptors (Lipinski definition) is 5. The SMILES string of the molecule is COc1nc(C#CCS)cnc1N. The molecule has 0 saturated carbocycles. The van der Waals surface area contributed by atoms with Crippen LogP contribution in [-0.4, -0.2) is 22.8 Å². The van der Waals surface area contributed by atoms with Crippen LogP contribution >= 0.6 is 12.6 Å². The molecule has 68 valence electrons. The molecule has 0 aliphatic heterocycles. The zero-order valence-electron chi connectivity index (χ0n) is 7.11. The Morgan fingerprint density at radius 3 is 3.08 bits per heavy atom. The number of rotatable bonds is 1. The molecule has 0 aliphatic rings. The molecule has 0 atom stereocenters.